The van der Waals surface area contributed by atoms with Crippen LogP contribution >= 0.6 is 31.9 Å². The highest BCUT2D eigenvalue weighted by atomic mass is 79.9. The molecule has 2 aromatic carbocycles. The molecule has 10 heteroatoms. The van der Waals surface area contributed by atoms with Crippen LogP contribution in [0, 0.1) is 20.2 Å². The molecule has 2 rings (SSSR count). The number of aliphatic imine (C=N–C) groups is 1. The minimum atomic E-state index is -0.711. The molecule has 0 aromatic heterocycles. The first-order valence-electron chi connectivity index (χ1n) is 5.94. The van der Waals surface area contributed by atoms with Gasteiger partial charge in [0.1, 0.15) is 5.75 Å². The van der Waals surface area contributed by atoms with Crippen molar-refractivity contribution in [3.8, 4) is 5.75 Å². The topological polar surface area (TPSA) is 119 Å². The third-order valence-electron chi connectivity index (χ3n) is 2.78. The Bertz CT molecular complexity index is 815. The predicted octanol–water partition coefficient (Wildman–Crippen LogP) is 4.48. The third-order valence-corrected chi connectivity index (χ3v) is 3.98. The van der Waals surface area contributed by atoms with Gasteiger partial charge in [0.2, 0.25) is 0 Å². The number of rotatable bonds is 4. The summed E-state index contributed by atoms with van der Waals surface area (Å²) in [6.07, 6.45) is 1.23. The highest BCUT2D eigenvalue weighted by Gasteiger charge is 2.18. The van der Waals surface area contributed by atoms with Crippen molar-refractivity contribution in [3.05, 3.63) is 65.1 Å². The smallest absolute Gasteiger partial charge is 0.285 e. The van der Waals surface area contributed by atoms with Gasteiger partial charge in [-0.3, -0.25) is 25.2 Å². The summed E-state index contributed by atoms with van der Waals surface area (Å²) in [5, 5.41) is 31.3. The van der Waals surface area contributed by atoms with Crippen LogP contribution in [0.1, 0.15) is 5.56 Å². The molecule has 23 heavy (non-hydrogen) atoms. The lowest BCUT2D eigenvalue weighted by molar-refractivity contribution is -0.394. The van der Waals surface area contributed by atoms with Gasteiger partial charge in [-0.1, -0.05) is 0 Å². The Morgan fingerprint density at radius 2 is 1.65 bits per heavy atom. The van der Waals surface area contributed by atoms with Gasteiger partial charge in [-0.25, -0.2) is 0 Å². The highest BCUT2D eigenvalue weighted by Crippen LogP contribution is 2.36. The van der Waals surface area contributed by atoms with Crippen LogP contribution < -0.4 is 0 Å². The summed E-state index contributed by atoms with van der Waals surface area (Å²) in [7, 11) is 0. The standard InChI is InChI=1S/C13H7Br2N3O5/c14-10-3-8(4-11(15)13(10)19)16-6-7-1-2-9(17(20)21)5-12(7)18(22)23/h1-6,19H. The first-order chi connectivity index (χ1) is 10.8. The monoisotopic (exact) mass is 443 g/mol. The number of aromatic hydroxyl groups is 1. The maximum atomic E-state index is 11.0. The SMILES string of the molecule is O=[N+]([O-])c1ccc(C=Nc2cc(Br)c(O)c(Br)c2)c([N+](=O)[O-])c1. The molecule has 0 saturated heterocycles. The van der Waals surface area contributed by atoms with Crippen molar-refractivity contribution in [3.63, 3.8) is 0 Å². The molecule has 0 radical (unpaired) electrons. The fourth-order valence-corrected chi connectivity index (χ4v) is 2.85. The molecule has 0 bridgehead atoms. The molecule has 0 aliphatic carbocycles. The maximum Gasteiger partial charge on any atom is 0.285 e. The predicted molar refractivity (Wildman–Crippen MR) is 90.5 cm³/mol. The van der Waals surface area contributed by atoms with Crippen LogP contribution in [0.3, 0.4) is 0 Å². The summed E-state index contributed by atoms with van der Waals surface area (Å²) < 4.78 is 0.800. The van der Waals surface area contributed by atoms with Crippen molar-refractivity contribution >= 4 is 55.1 Å². The number of hydrogen-bond acceptors (Lipinski definition) is 6. The van der Waals surface area contributed by atoms with E-state index in [1.165, 1.54) is 24.4 Å². The lowest BCUT2D eigenvalue weighted by Crippen LogP contribution is -1.97. The molecule has 0 aliphatic rings. The summed E-state index contributed by atoms with van der Waals surface area (Å²) in [4.78, 5) is 24.4. The minimum Gasteiger partial charge on any atom is -0.506 e. The second-order valence-electron chi connectivity index (χ2n) is 4.27. The number of hydrogen-bond donors (Lipinski definition) is 1. The van der Waals surface area contributed by atoms with Crippen LogP contribution in [0.4, 0.5) is 17.1 Å². The Morgan fingerprint density at radius 1 is 1.04 bits per heavy atom. The number of benzene rings is 2. The number of non-ortho nitro benzene ring substituents is 1. The summed E-state index contributed by atoms with van der Waals surface area (Å²) in [6, 6.07) is 6.34. The largest absolute Gasteiger partial charge is 0.506 e. The molecule has 0 amide bonds. The molecular formula is C13H7Br2N3O5. The molecule has 118 valence electrons. The van der Waals surface area contributed by atoms with E-state index >= 15 is 0 Å². The molecule has 0 unspecified atom stereocenters. The number of nitro benzene ring substituents is 2. The molecule has 0 atom stereocenters. The molecule has 0 spiro atoms. The summed E-state index contributed by atoms with van der Waals surface area (Å²) >= 11 is 6.30. The van der Waals surface area contributed by atoms with Crippen LogP contribution in [0.15, 0.2) is 44.3 Å². The Labute approximate surface area is 146 Å². The summed E-state index contributed by atoms with van der Waals surface area (Å²) in [6.45, 7) is 0. The van der Waals surface area contributed by atoms with E-state index < -0.39 is 15.5 Å². The first kappa shape index (κ1) is 17.0. The van der Waals surface area contributed by atoms with Crippen molar-refractivity contribution in [2.75, 3.05) is 0 Å². The van der Waals surface area contributed by atoms with E-state index in [4.69, 9.17) is 0 Å². The molecular weight excluding hydrogens is 438 g/mol. The van der Waals surface area contributed by atoms with Crippen LogP contribution in [0.2, 0.25) is 0 Å². The molecule has 2 aromatic rings. The molecule has 0 saturated carbocycles. The fourth-order valence-electron chi connectivity index (χ4n) is 1.68. The van der Waals surface area contributed by atoms with Crippen LogP contribution in [-0.4, -0.2) is 21.2 Å². The van der Waals surface area contributed by atoms with E-state index in [9.17, 15) is 25.3 Å². The zero-order chi connectivity index (χ0) is 17.1. The van der Waals surface area contributed by atoms with E-state index in [-0.39, 0.29) is 17.0 Å². The van der Waals surface area contributed by atoms with Crippen LogP contribution in [-0.2, 0) is 0 Å². The second kappa shape index (κ2) is 6.84. The zero-order valence-electron chi connectivity index (χ0n) is 11.1. The number of halogens is 2. The minimum absolute atomic E-state index is 0.00488. The Hall–Kier alpha value is -2.33. The van der Waals surface area contributed by atoms with E-state index in [2.05, 4.69) is 36.9 Å². The highest BCUT2D eigenvalue weighted by molar-refractivity contribution is 9.11. The first-order valence-corrected chi connectivity index (χ1v) is 7.53. The lowest BCUT2D eigenvalue weighted by atomic mass is 10.2. The van der Waals surface area contributed by atoms with Crippen molar-refractivity contribution in [2.24, 2.45) is 4.99 Å². The van der Waals surface area contributed by atoms with Gasteiger partial charge in [-0.05, 0) is 50.1 Å². The number of nitrogens with zero attached hydrogens (tertiary/aromatic N) is 3. The van der Waals surface area contributed by atoms with Gasteiger partial charge in [0.05, 0.1) is 36.1 Å². The lowest BCUT2D eigenvalue weighted by Gasteiger charge is -2.02. The summed E-state index contributed by atoms with van der Waals surface area (Å²) in [5.74, 6) is 0.00488. The quantitative estimate of drug-likeness (QED) is 0.423. The van der Waals surface area contributed by atoms with Crippen molar-refractivity contribution in [1.82, 2.24) is 0 Å². The molecule has 0 fully saturated rings. The number of phenols is 1. The molecule has 0 aliphatic heterocycles. The maximum absolute atomic E-state index is 11.0. The Morgan fingerprint density at radius 3 is 2.17 bits per heavy atom. The molecule has 0 heterocycles. The Kier molecular flexibility index (Phi) is 5.06. The third kappa shape index (κ3) is 3.90. The molecule has 1 N–H and O–H groups in total. The van der Waals surface area contributed by atoms with E-state index in [0.717, 1.165) is 12.1 Å². The number of nitro groups is 2. The van der Waals surface area contributed by atoms with Crippen LogP contribution in [0.25, 0.3) is 0 Å². The average molecular weight is 445 g/mol. The van der Waals surface area contributed by atoms with Gasteiger partial charge in [0, 0.05) is 12.3 Å². The normalized spacial score (nSPS) is 10.9. The average Bonchev–Trinajstić information content (AvgIpc) is 2.49. The van der Waals surface area contributed by atoms with Crippen molar-refractivity contribution in [1.29, 1.82) is 0 Å². The van der Waals surface area contributed by atoms with Gasteiger partial charge in [-0.2, -0.15) is 0 Å². The van der Waals surface area contributed by atoms with E-state index in [1.807, 2.05) is 0 Å². The fraction of sp³-hybridized carbons (Fsp3) is 0. The van der Waals surface area contributed by atoms with Crippen LogP contribution in [0.5, 0.6) is 5.75 Å². The van der Waals surface area contributed by atoms with Gasteiger partial charge in [0.25, 0.3) is 11.4 Å². The van der Waals surface area contributed by atoms with Gasteiger partial charge in [0.15, 0.2) is 0 Å². The number of phenolic OH excluding ortho intramolecular Hbond substituents is 1. The van der Waals surface area contributed by atoms with E-state index in [0.29, 0.717) is 14.6 Å². The van der Waals surface area contributed by atoms with Crippen molar-refractivity contribution < 1.29 is 15.0 Å². The van der Waals surface area contributed by atoms with Gasteiger partial charge in [-0.15, -0.1) is 0 Å². The van der Waals surface area contributed by atoms with Gasteiger partial charge < -0.3 is 5.11 Å². The second-order valence-corrected chi connectivity index (χ2v) is 5.98. The molecule has 8 nitrogen and oxygen atoms in total. The van der Waals surface area contributed by atoms with E-state index in [1.54, 1.807) is 0 Å². The van der Waals surface area contributed by atoms with Crippen molar-refractivity contribution in [2.45, 2.75) is 0 Å². The van der Waals surface area contributed by atoms with Gasteiger partial charge >= 0.3 is 0 Å². The zero-order valence-corrected chi connectivity index (χ0v) is 14.3. The summed E-state index contributed by atoms with van der Waals surface area (Å²) in [5.41, 5.74) is -0.237. The Balaban J connectivity index is 2.43.